The molecule has 31 heavy (non-hydrogen) atoms. The Balaban J connectivity index is 1.62. The van der Waals surface area contributed by atoms with E-state index in [4.69, 9.17) is 4.74 Å². The van der Waals surface area contributed by atoms with Gasteiger partial charge in [-0.25, -0.2) is 4.79 Å². The summed E-state index contributed by atoms with van der Waals surface area (Å²) in [7, 11) is 5.72. The summed E-state index contributed by atoms with van der Waals surface area (Å²) in [6, 6.07) is 14.7. The number of carbonyl (C=O) groups excluding carboxylic acids is 2. The molecule has 0 radical (unpaired) electrons. The van der Waals surface area contributed by atoms with Crippen molar-refractivity contribution >= 4 is 28.9 Å². The lowest BCUT2D eigenvalue weighted by atomic mass is 9.94. The molecule has 7 nitrogen and oxygen atoms in total. The molecule has 0 unspecified atom stereocenters. The molecule has 2 aromatic carbocycles. The fourth-order valence-electron chi connectivity index (χ4n) is 3.64. The number of azo groups is 1. The first-order chi connectivity index (χ1) is 15.0. The third kappa shape index (κ3) is 6.13. The fraction of sp³-hybridized carbons (Fsp3) is 0.417. The van der Waals surface area contributed by atoms with Gasteiger partial charge in [0.05, 0.1) is 11.3 Å². The van der Waals surface area contributed by atoms with Gasteiger partial charge in [0, 0.05) is 32.9 Å². The summed E-state index contributed by atoms with van der Waals surface area (Å²) >= 11 is 0. The van der Waals surface area contributed by atoms with Crippen molar-refractivity contribution in [3.05, 3.63) is 54.1 Å². The number of likely N-dealkylation sites (N-methyl/N-ethyl adjacent to an activating group) is 1. The zero-order chi connectivity index (χ0) is 22.2. The van der Waals surface area contributed by atoms with Gasteiger partial charge in [-0.3, -0.25) is 4.79 Å². The minimum absolute atomic E-state index is 0.180. The molecular formula is C24H30N4O3. The van der Waals surface area contributed by atoms with E-state index in [9.17, 15) is 9.59 Å². The second kappa shape index (κ2) is 10.7. The zero-order valence-electron chi connectivity index (χ0n) is 18.5. The van der Waals surface area contributed by atoms with Gasteiger partial charge >= 0.3 is 5.97 Å². The fourth-order valence-corrected chi connectivity index (χ4v) is 3.64. The number of carbonyl (C=O) groups is 2. The maximum absolute atomic E-state index is 12.6. The van der Waals surface area contributed by atoms with E-state index >= 15 is 0 Å². The molecule has 1 saturated carbocycles. The van der Waals surface area contributed by atoms with Crippen LogP contribution in [0.25, 0.3) is 0 Å². The molecule has 1 aliphatic carbocycles. The molecule has 0 heterocycles. The number of anilines is 1. The van der Waals surface area contributed by atoms with Crippen molar-refractivity contribution in [2.45, 2.75) is 38.1 Å². The van der Waals surface area contributed by atoms with E-state index in [-0.39, 0.29) is 24.1 Å². The highest BCUT2D eigenvalue weighted by Crippen LogP contribution is 2.25. The number of benzene rings is 2. The van der Waals surface area contributed by atoms with Crippen molar-refractivity contribution in [2.75, 3.05) is 32.6 Å². The molecule has 0 spiro atoms. The summed E-state index contributed by atoms with van der Waals surface area (Å²) in [5.74, 6) is -0.761. The van der Waals surface area contributed by atoms with Gasteiger partial charge in [0.15, 0.2) is 6.61 Å². The number of rotatable bonds is 7. The summed E-state index contributed by atoms with van der Waals surface area (Å²) in [6.07, 6.45) is 5.51. The number of hydrogen-bond acceptors (Lipinski definition) is 6. The van der Waals surface area contributed by atoms with E-state index in [0.29, 0.717) is 11.4 Å². The Morgan fingerprint density at radius 3 is 2.29 bits per heavy atom. The molecule has 0 N–H and O–H groups in total. The summed E-state index contributed by atoms with van der Waals surface area (Å²) in [4.78, 5) is 28.8. The van der Waals surface area contributed by atoms with Crippen LogP contribution in [0.2, 0.25) is 0 Å². The molecule has 0 bridgehead atoms. The maximum atomic E-state index is 12.6. The van der Waals surface area contributed by atoms with Gasteiger partial charge in [-0.05, 0) is 49.2 Å². The number of amides is 1. The number of ether oxygens (including phenoxy) is 1. The molecule has 164 valence electrons. The molecule has 0 aromatic heterocycles. The minimum Gasteiger partial charge on any atom is -0.452 e. The van der Waals surface area contributed by atoms with E-state index in [2.05, 4.69) is 10.2 Å². The van der Waals surface area contributed by atoms with Crippen LogP contribution in [0.15, 0.2) is 58.8 Å². The Bertz CT molecular complexity index is 919. The molecular weight excluding hydrogens is 392 g/mol. The van der Waals surface area contributed by atoms with Crippen LogP contribution in [0, 0.1) is 0 Å². The van der Waals surface area contributed by atoms with Crippen LogP contribution in [0.1, 0.15) is 42.5 Å². The van der Waals surface area contributed by atoms with Gasteiger partial charge in [-0.1, -0.05) is 31.4 Å². The average molecular weight is 423 g/mol. The molecule has 7 heteroatoms. The van der Waals surface area contributed by atoms with Crippen LogP contribution in [-0.2, 0) is 9.53 Å². The van der Waals surface area contributed by atoms with Crippen molar-refractivity contribution in [1.82, 2.24) is 4.90 Å². The lowest BCUT2D eigenvalue weighted by Gasteiger charge is -2.31. The van der Waals surface area contributed by atoms with Crippen LogP contribution >= 0.6 is 0 Å². The van der Waals surface area contributed by atoms with E-state index in [1.807, 2.05) is 43.3 Å². The van der Waals surface area contributed by atoms with E-state index in [1.165, 1.54) is 6.42 Å². The molecule has 0 saturated heterocycles. The average Bonchev–Trinajstić information content (AvgIpc) is 2.81. The van der Waals surface area contributed by atoms with Crippen LogP contribution in [0.3, 0.4) is 0 Å². The summed E-state index contributed by atoms with van der Waals surface area (Å²) in [5.41, 5.74) is 2.42. The number of hydrogen-bond donors (Lipinski definition) is 0. The first kappa shape index (κ1) is 22.5. The van der Waals surface area contributed by atoms with Gasteiger partial charge < -0.3 is 14.5 Å². The van der Waals surface area contributed by atoms with Crippen LogP contribution < -0.4 is 4.90 Å². The van der Waals surface area contributed by atoms with Crippen LogP contribution in [0.5, 0.6) is 0 Å². The highest BCUT2D eigenvalue weighted by molar-refractivity contribution is 5.96. The molecule has 2 aromatic rings. The predicted octanol–water partition coefficient (Wildman–Crippen LogP) is 5.12. The van der Waals surface area contributed by atoms with Crippen molar-refractivity contribution in [3.8, 4) is 0 Å². The number of esters is 1. The third-order valence-corrected chi connectivity index (χ3v) is 5.61. The predicted molar refractivity (Wildman–Crippen MR) is 121 cm³/mol. The largest absolute Gasteiger partial charge is 0.452 e. The van der Waals surface area contributed by atoms with Crippen molar-refractivity contribution in [2.24, 2.45) is 10.2 Å². The second-order valence-electron chi connectivity index (χ2n) is 8.00. The van der Waals surface area contributed by atoms with Gasteiger partial charge in [0.25, 0.3) is 5.91 Å². The molecule has 1 aliphatic rings. The molecule has 1 fully saturated rings. The van der Waals surface area contributed by atoms with Gasteiger partial charge in [-0.2, -0.15) is 5.11 Å². The summed E-state index contributed by atoms with van der Waals surface area (Å²) < 4.78 is 5.30. The minimum atomic E-state index is -0.581. The van der Waals surface area contributed by atoms with Crippen LogP contribution in [0.4, 0.5) is 17.1 Å². The Morgan fingerprint density at radius 2 is 1.61 bits per heavy atom. The Morgan fingerprint density at radius 1 is 0.935 bits per heavy atom. The molecule has 1 amide bonds. The monoisotopic (exact) mass is 422 g/mol. The molecule has 0 atom stereocenters. The summed E-state index contributed by atoms with van der Waals surface area (Å²) in [6.45, 7) is -0.274. The van der Waals surface area contributed by atoms with Crippen molar-refractivity contribution in [3.63, 3.8) is 0 Å². The highest BCUT2D eigenvalue weighted by atomic mass is 16.5. The normalized spacial score (nSPS) is 14.4. The number of nitrogens with zero attached hydrogens (tertiary/aromatic N) is 4. The van der Waals surface area contributed by atoms with E-state index < -0.39 is 5.97 Å². The summed E-state index contributed by atoms with van der Waals surface area (Å²) in [5, 5.41) is 8.45. The van der Waals surface area contributed by atoms with E-state index in [0.717, 1.165) is 31.4 Å². The standard InChI is InChI=1S/C24H30N4O3/c1-27(2)19-15-13-18(14-16-19)25-26-22-12-8-7-11-21(22)24(30)31-17-23(29)28(3)20-9-5-4-6-10-20/h7-8,11-16,20H,4-6,9-10,17H2,1-3H3. The van der Waals surface area contributed by atoms with Crippen molar-refractivity contribution in [1.29, 1.82) is 0 Å². The van der Waals surface area contributed by atoms with Crippen LogP contribution in [-0.4, -0.2) is 50.6 Å². The second-order valence-corrected chi connectivity index (χ2v) is 8.00. The topological polar surface area (TPSA) is 74.6 Å². The Kier molecular flexibility index (Phi) is 7.76. The lowest BCUT2D eigenvalue weighted by Crippen LogP contribution is -2.40. The molecule has 3 rings (SSSR count). The first-order valence-electron chi connectivity index (χ1n) is 10.7. The van der Waals surface area contributed by atoms with Crippen molar-refractivity contribution < 1.29 is 14.3 Å². The van der Waals surface area contributed by atoms with E-state index in [1.54, 1.807) is 36.2 Å². The Hall–Kier alpha value is -3.22. The highest BCUT2D eigenvalue weighted by Gasteiger charge is 2.23. The molecule has 0 aliphatic heterocycles. The lowest BCUT2D eigenvalue weighted by molar-refractivity contribution is -0.135. The zero-order valence-corrected chi connectivity index (χ0v) is 18.5. The SMILES string of the molecule is CN(C)c1ccc(N=Nc2ccccc2C(=O)OCC(=O)N(C)C2CCCCC2)cc1. The first-order valence-corrected chi connectivity index (χ1v) is 10.7. The third-order valence-electron chi connectivity index (χ3n) is 5.61. The smallest absolute Gasteiger partial charge is 0.340 e. The van der Waals surface area contributed by atoms with Gasteiger partial charge in [0.2, 0.25) is 0 Å². The van der Waals surface area contributed by atoms with Gasteiger partial charge in [0.1, 0.15) is 5.69 Å². The van der Waals surface area contributed by atoms with Gasteiger partial charge in [-0.15, -0.1) is 5.11 Å². The Labute approximate surface area is 183 Å². The maximum Gasteiger partial charge on any atom is 0.340 e. The quantitative estimate of drug-likeness (QED) is 0.459.